The van der Waals surface area contributed by atoms with E-state index in [1.54, 1.807) is 11.3 Å². The second-order valence-corrected chi connectivity index (χ2v) is 3.51. The van der Waals surface area contributed by atoms with Gasteiger partial charge < -0.3 is 0 Å². The lowest BCUT2D eigenvalue weighted by Crippen LogP contribution is -1.56. The fourth-order valence-corrected chi connectivity index (χ4v) is 1.68. The maximum Gasteiger partial charge on any atom is 0.0582 e. The van der Waals surface area contributed by atoms with Crippen molar-refractivity contribution >= 4 is 36.2 Å². The van der Waals surface area contributed by atoms with Crippen LogP contribution in [0.1, 0.15) is 0 Å². The minimum atomic E-state index is 0.855. The van der Waals surface area contributed by atoms with Crippen LogP contribution in [0.25, 0.3) is 0 Å². The summed E-state index contributed by atoms with van der Waals surface area (Å²) in [4.78, 5) is 0. The van der Waals surface area contributed by atoms with Crippen LogP contribution in [0.4, 0.5) is 0 Å². The number of hydrogen-bond donors (Lipinski definition) is 1. The van der Waals surface area contributed by atoms with Gasteiger partial charge in [0.05, 0.1) is 4.21 Å². The quantitative estimate of drug-likeness (QED) is 0.450. The smallest absolute Gasteiger partial charge is 0.0582 e. The summed E-state index contributed by atoms with van der Waals surface area (Å²) in [5.74, 6) is 0. The maximum atomic E-state index is 4.86. The van der Waals surface area contributed by atoms with E-state index in [1.165, 1.54) is 0 Å². The summed E-state index contributed by atoms with van der Waals surface area (Å²) in [6, 6.07) is 3.75. The van der Waals surface area contributed by atoms with Crippen molar-refractivity contribution < 1.29 is 0 Å². The minimum Gasteiger partial charge on any atom is -0.138 e. The Bertz CT molecular complexity index is 225. The Morgan fingerprint density at radius 3 is 2.75 bits per heavy atom. The van der Waals surface area contributed by atoms with Crippen molar-refractivity contribution in [2.45, 2.75) is 4.21 Å². The molecule has 0 radical (unpaired) electrons. The standard InChI is InChI=1S/C5H4S3/c6-4-1-2-8-5(7)3-4/h1-3,7H. The molecule has 0 saturated heterocycles. The lowest BCUT2D eigenvalue weighted by atomic mass is 10.6. The minimum absolute atomic E-state index is 0.855. The molecule has 0 amide bonds. The third-order valence-corrected chi connectivity index (χ3v) is 2.02. The first-order valence-corrected chi connectivity index (χ1v) is 3.80. The average Bonchev–Trinajstić information content (AvgIpc) is 1.64. The van der Waals surface area contributed by atoms with E-state index in [4.69, 9.17) is 12.2 Å². The van der Waals surface area contributed by atoms with Crippen molar-refractivity contribution in [3.05, 3.63) is 22.0 Å². The molecule has 0 nitrogen and oxygen atoms in total. The van der Waals surface area contributed by atoms with Gasteiger partial charge in [-0.15, -0.1) is 24.0 Å². The first-order valence-electron chi connectivity index (χ1n) is 2.07. The zero-order valence-electron chi connectivity index (χ0n) is 4.00. The molecule has 1 heterocycles. The predicted octanol–water partition coefficient (Wildman–Crippen LogP) is 2.77. The molecule has 0 aromatic carbocycles. The Balaban J connectivity index is 3.28. The Morgan fingerprint density at radius 2 is 2.38 bits per heavy atom. The van der Waals surface area contributed by atoms with E-state index in [0.29, 0.717) is 0 Å². The van der Waals surface area contributed by atoms with E-state index in [9.17, 15) is 0 Å². The SMILES string of the molecule is S=c1ccsc(S)c1. The maximum absolute atomic E-state index is 4.86. The highest BCUT2D eigenvalue weighted by atomic mass is 32.2. The molecule has 0 atom stereocenters. The molecule has 0 fully saturated rings. The van der Waals surface area contributed by atoms with Crippen LogP contribution in [-0.2, 0) is 0 Å². The van der Waals surface area contributed by atoms with Crippen molar-refractivity contribution in [3.63, 3.8) is 0 Å². The van der Waals surface area contributed by atoms with Crippen LogP contribution in [0.3, 0.4) is 0 Å². The van der Waals surface area contributed by atoms with Gasteiger partial charge >= 0.3 is 0 Å². The average molecular weight is 160 g/mol. The van der Waals surface area contributed by atoms with Crippen LogP contribution < -0.4 is 0 Å². The van der Waals surface area contributed by atoms with Gasteiger partial charge in [-0.1, -0.05) is 12.2 Å². The van der Waals surface area contributed by atoms with Crippen molar-refractivity contribution in [3.8, 4) is 0 Å². The van der Waals surface area contributed by atoms with Crippen LogP contribution in [-0.4, -0.2) is 0 Å². The molecule has 42 valence electrons. The summed E-state index contributed by atoms with van der Waals surface area (Å²) in [6.07, 6.45) is 0. The fraction of sp³-hybridized carbons (Fsp3) is 0. The molecule has 0 aliphatic rings. The first kappa shape index (κ1) is 6.26. The molecule has 0 unspecified atom stereocenters. The van der Waals surface area contributed by atoms with E-state index in [1.807, 2.05) is 17.5 Å². The zero-order valence-corrected chi connectivity index (χ0v) is 6.52. The zero-order chi connectivity index (χ0) is 5.98. The van der Waals surface area contributed by atoms with Gasteiger partial charge in [0.25, 0.3) is 0 Å². The third kappa shape index (κ3) is 1.58. The van der Waals surface area contributed by atoms with Crippen LogP contribution in [0.5, 0.6) is 0 Å². The van der Waals surface area contributed by atoms with Crippen LogP contribution in [0.2, 0.25) is 0 Å². The molecule has 1 aromatic heterocycles. The van der Waals surface area contributed by atoms with Gasteiger partial charge in [-0.2, -0.15) is 0 Å². The molecule has 0 spiro atoms. The summed E-state index contributed by atoms with van der Waals surface area (Å²) in [5.41, 5.74) is 0. The van der Waals surface area contributed by atoms with Crippen LogP contribution in [0.15, 0.2) is 21.7 Å². The molecular weight excluding hydrogens is 156 g/mol. The highest BCUT2D eigenvalue weighted by Crippen LogP contribution is 2.11. The second-order valence-electron chi connectivity index (χ2n) is 1.31. The lowest BCUT2D eigenvalue weighted by molar-refractivity contribution is 1.65. The fourth-order valence-electron chi connectivity index (χ4n) is 0.375. The number of thiol groups is 1. The van der Waals surface area contributed by atoms with E-state index < -0.39 is 0 Å². The van der Waals surface area contributed by atoms with Crippen molar-refractivity contribution in [2.24, 2.45) is 0 Å². The summed E-state index contributed by atoms with van der Waals surface area (Å²) in [7, 11) is 0. The molecule has 1 aromatic rings. The number of rotatable bonds is 0. The van der Waals surface area contributed by atoms with Gasteiger partial charge in [0.15, 0.2) is 0 Å². The number of hydrogen-bond acceptors (Lipinski definition) is 3. The molecule has 0 bridgehead atoms. The molecule has 0 aliphatic carbocycles. The lowest BCUT2D eigenvalue weighted by Gasteiger charge is -1.82. The second kappa shape index (κ2) is 2.62. The monoisotopic (exact) mass is 160 g/mol. The molecule has 0 aliphatic heterocycles. The van der Waals surface area contributed by atoms with Crippen LogP contribution >= 0.6 is 36.2 Å². The Morgan fingerprint density at radius 1 is 1.62 bits per heavy atom. The topological polar surface area (TPSA) is 0 Å². The molecule has 3 heteroatoms. The molecular formula is C5H4S3. The largest absolute Gasteiger partial charge is 0.138 e. The van der Waals surface area contributed by atoms with E-state index >= 15 is 0 Å². The Hall–Kier alpha value is 0.140. The predicted molar refractivity (Wildman–Crippen MR) is 42.4 cm³/mol. The molecule has 1 rings (SSSR count). The van der Waals surface area contributed by atoms with Gasteiger partial charge in [-0.25, -0.2) is 0 Å². The Labute approximate surface area is 62.6 Å². The third-order valence-electron chi connectivity index (χ3n) is 0.687. The van der Waals surface area contributed by atoms with Gasteiger partial charge in [0.1, 0.15) is 0 Å². The van der Waals surface area contributed by atoms with E-state index in [-0.39, 0.29) is 0 Å². The van der Waals surface area contributed by atoms with Crippen LogP contribution in [0, 0.1) is 4.51 Å². The Kier molecular flexibility index (Phi) is 2.05. The van der Waals surface area contributed by atoms with Gasteiger partial charge in [-0.3, -0.25) is 0 Å². The summed E-state index contributed by atoms with van der Waals surface area (Å²) in [5, 5.41) is 1.94. The summed E-state index contributed by atoms with van der Waals surface area (Å²) >= 11 is 10.5. The van der Waals surface area contributed by atoms with Crippen molar-refractivity contribution in [1.29, 1.82) is 0 Å². The van der Waals surface area contributed by atoms with E-state index in [2.05, 4.69) is 12.6 Å². The van der Waals surface area contributed by atoms with Crippen molar-refractivity contribution in [1.82, 2.24) is 0 Å². The molecule has 0 saturated carbocycles. The van der Waals surface area contributed by atoms with Gasteiger partial charge in [0, 0.05) is 4.51 Å². The highest BCUT2D eigenvalue weighted by Gasteiger charge is 1.79. The summed E-state index contributed by atoms with van der Waals surface area (Å²) < 4.78 is 1.83. The normalized spacial score (nSPS) is 9.12. The molecule has 0 N–H and O–H groups in total. The van der Waals surface area contributed by atoms with Gasteiger partial charge in [0.2, 0.25) is 0 Å². The van der Waals surface area contributed by atoms with Gasteiger partial charge in [-0.05, 0) is 17.5 Å². The summed E-state index contributed by atoms with van der Waals surface area (Å²) in [6.45, 7) is 0. The first-order chi connectivity index (χ1) is 3.79. The van der Waals surface area contributed by atoms with E-state index in [0.717, 1.165) is 8.72 Å². The highest BCUT2D eigenvalue weighted by molar-refractivity contribution is 7.82. The molecule has 8 heavy (non-hydrogen) atoms. The van der Waals surface area contributed by atoms with Crippen molar-refractivity contribution in [2.75, 3.05) is 0 Å².